The number of ether oxygens (including phenoxy) is 1. The fourth-order valence-electron chi connectivity index (χ4n) is 1.70. The van der Waals surface area contributed by atoms with Gasteiger partial charge >= 0.3 is 5.97 Å². The molecule has 0 spiro atoms. The molecule has 5 nitrogen and oxygen atoms in total. The molecule has 0 saturated heterocycles. The zero-order valence-electron chi connectivity index (χ0n) is 11.5. The third kappa shape index (κ3) is 3.62. The lowest BCUT2D eigenvalue weighted by molar-refractivity contribution is 0.0526. The van der Waals surface area contributed by atoms with Crippen molar-refractivity contribution in [3.63, 3.8) is 0 Å². The predicted octanol–water partition coefficient (Wildman–Crippen LogP) is 2.18. The maximum absolute atomic E-state index is 11.7. The van der Waals surface area contributed by atoms with E-state index in [-0.39, 0.29) is 12.0 Å². The minimum absolute atomic E-state index is 0.0183. The molecule has 2 N–H and O–H groups in total. The highest BCUT2D eigenvalue weighted by Gasteiger charge is 2.15. The molecule has 0 radical (unpaired) electrons. The monoisotopic (exact) mass is 261 g/mol. The highest BCUT2D eigenvalue weighted by molar-refractivity contribution is 5.92. The van der Waals surface area contributed by atoms with Crippen molar-refractivity contribution in [1.82, 2.24) is 0 Å². The molecule has 0 heterocycles. The van der Waals surface area contributed by atoms with Crippen LogP contribution in [0, 0.1) is 11.3 Å². The summed E-state index contributed by atoms with van der Waals surface area (Å²) in [6.45, 7) is 4.02. The van der Waals surface area contributed by atoms with E-state index in [1.165, 1.54) is 0 Å². The van der Waals surface area contributed by atoms with E-state index in [1.807, 2.05) is 18.9 Å². The van der Waals surface area contributed by atoms with Gasteiger partial charge in [0.1, 0.15) is 0 Å². The van der Waals surface area contributed by atoms with E-state index in [0.29, 0.717) is 24.3 Å². The van der Waals surface area contributed by atoms with Crippen LogP contribution in [0.15, 0.2) is 18.2 Å². The van der Waals surface area contributed by atoms with E-state index in [2.05, 4.69) is 6.07 Å². The number of rotatable bonds is 5. The summed E-state index contributed by atoms with van der Waals surface area (Å²) in [6, 6.07) is 7.15. The smallest absolute Gasteiger partial charge is 0.338 e. The second-order valence-corrected chi connectivity index (χ2v) is 4.32. The summed E-state index contributed by atoms with van der Waals surface area (Å²) in [4.78, 5) is 13.6. The van der Waals surface area contributed by atoms with E-state index in [4.69, 9.17) is 15.7 Å². The highest BCUT2D eigenvalue weighted by Crippen LogP contribution is 2.26. The second kappa shape index (κ2) is 6.64. The first-order valence-electron chi connectivity index (χ1n) is 6.17. The van der Waals surface area contributed by atoms with Crippen molar-refractivity contribution in [3.05, 3.63) is 23.8 Å². The number of carbonyl (C=O) groups is 1. The van der Waals surface area contributed by atoms with E-state index in [0.717, 1.165) is 5.69 Å². The Balaban J connectivity index is 3.03. The Morgan fingerprint density at radius 3 is 2.84 bits per heavy atom. The van der Waals surface area contributed by atoms with Crippen LogP contribution in [0.4, 0.5) is 11.4 Å². The van der Waals surface area contributed by atoms with Gasteiger partial charge in [-0.05, 0) is 32.0 Å². The molecule has 0 saturated carbocycles. The SMILES string of the molecule is CCOC(=O)c1ccc(N)c(N(C)C(C)CC#N)c1. The van der Waals surface area contributed by atoms with Crippen molar-refractivity contribution in [2.45, 2.75) is 26.3 Å². The Kier molecular flexibility index (Phi) is 5.19. The number of nitriles is 1. The number of hydrogen-bond donors (Lipinski definition) is 1. The molecule has 0 aliphatic rings. The van der Waals surface area contributed by atoms with E-state index >= 15 is 0 Å². The quantitative estimate of drug-likeness (QED) is 0.649. The number of nitrogen functional groups attached to an aromatic ring is 1. The van der Waals surface area contributed by atoms with Gasteiger partial charge in [-0.15, -0.1) is 0 Å². The summed E-state index contributed by atoms with van der Waals surface area (Å²) in [5, 5.41) is 8.73. The van der Waals surface area contributed by atoms with Crippen LogP contribution in [0.2, 0.25) is 0 Å². The van der Waals surface area contributed by atoms with Crippen molar-refractivity contribution in [2.75, 3.05) is 24.3 Å². The Labute approximate surface area is 113 Å². The van der Waals surface area contributed by atoms with Crippen LogP contribution in [-0.4, -0.2) is 25.7 Å². The molecule has 1 unspecified atom stereocenters. The number of anilines is 2. The molecule has 5 heteroatoms. The molecule has 1 rings (SSSR count). The first-order chi connectivity index (χ1) is 9.01. The van der Waals surface area contributed by atoms with Crippen LogP contribution in [-0.2, 0) is 4.74 Å². The molecule has 0 amide bonds. The van der Waals surface area contributed by atoms with Gasteiger partial charge in [0, 0.05) is 13.1 Å². The first-order valence-corrected chi connectivity index (χ1v) is 6.17. The lowest BCUT2D eigenvalue weighted by Gasteiger charge is -2.26. The summed E-state index contributed by atoms with van der Waals surface area (Å²) >= 11 is 0. The van der Waals surface area contributed by atoms with Gasteiger partial charge in [0.15, 0.2) is 0 Å². The summed E-state index contributed by atoms with van der Waals surface area (Å²) in [7, 11) is 1.85. The number of nitrogens with two attached hydrogens (primary N) is 1. The molecular formula is C14H19N3O2. The van der Waals surface area contributed by atoms with E-state index < -0.39 is 0 Å². The third-order valence-electron chi connectivity index (χ3n) is 2.97. The van der Waals surface area contributed by atoms with Crippen molar-refractivity contribution in [1.29, 1.82) is 5.26 Å². The third-order valence-corrected chi connectivity index (χ3v) is 2.97. The van der Waals surface area contributed by atoms with E-state index in [1.54, 1.807) is 25.1 Å². The molecular weight excluding hydrogens is 242 g/mol. The summed E-state index contributed by atoms with van der Waals surface area (Å²) in [5.74, 6) is -0.370. The van der Waals surface area contributed by atoms with Crippen molar-refractivity contribution < 1.29 is 9.53 Å². The minimum Gasteiger partial charge on any atom is -0.462 e. The van der Waals surface area contributed by atoms with Gasteiger partial charge in [0.05, 0.1) is 36.0 Å². The number of carbonyl (C=O) groups excluding carboxylic acids is 1. The topological polar surface area (TPSA) is 79.3 Å². The summed E-state index contributed by atoms with van der Waals surface area (Å²) < 4.78 is 4.96. The van der Waals surface area contributed by atoms with Gasteiger partial charge in [0.2, 0.25) is 0 Å². The van der Waals surface area contributed by atoms with Gasteiger partial charge in [-0.1, -0.05) is 0 Å². The van der Waals surface area contributed by atoms with Crippen molar-refractivity contribution in [2.24, 2.45) is 0 Å². The molecule has 0 aromatic heterocycles. The molecule has 0 aliphatic heterocycles. The van der Waals surface area contributed by atoms with Gasteiger partial charge in [-0.3, -0.25) is 0 Å². The average molecular weight is 261 g/mol. The molecule has 0 aliphatic carbocycles. The maximum Gasteiger partial charge on any atom is 0.338 e. The highest BCUT2D eigenvalue weighted by atomic mass is 16.5. The molecule has 19 heavy (non-hydrogen) atoms. The second-order valence-electron chi connectivity index (χ2n) is 4.32. The van der Waals surface area contributed by atoms with Crippen molar-refractivity contribution >= 4 is 17.3 Å². The molecule has 1 aromatic rings. The average Bonchev–Trinajstić information content (AvgIpc) is 2.39. The number of esters is 1. The molecule has 102 valence electrons. The zero-order chi connectivity index (χ0) is 14.4. The first kappa shape index (κ1) is 14.8. The standard InChI is InChI=1S/C14H19N3O2/c1-4-19-14(18)11-5-6-12(16)13(9-11)17(3)10(2)7-8-15/h5-6,9-10H,4,7,16H2,1-3H3. The van der Waals surface area contributed by atoms with Crippen LogP contribution in [0.1, 0.15) is 30.6 Å². The predicted molar refractivity (Wildman–Crippen MR) is 74.9 cm³/mol. The van der Waals surface area contributed by atoms with Gasteiger partial charge in [-0.2, -0.15) is 5.26 Å². The lowest BCUT2D eigenvalue weighted by atomic mass is 10.1. The maximum atomic E-state index is 11.7. The number of hydrogen-bond acceptors (Lipinski definition) is 5. The minimum atomic E-state index is -0.370. The Morgan fingerprint density at radius 1 is 1.58 bits per heavy atom. The number of nitrogens with zero attached hydrogens (tertiary/aromatic N) is 2. The van der Waals surface area contributed by atoms with Crippen LogP contribution >= 0.6 is 0 Å². The Morgan fingerprint density at radius 2 is 2.26 bits per heavy atom. The van der Waals surface area contributed by atoms with Crippen LogP contribution in [0.5, 0.6) is 0 Å². The Bertz CT molecular complexity index is 494. The molecule has 1 atom stereocenters. The lowest BCUT2D eigenvalue weighted by Crippen LogP contribution is -2.29. The van der Waals surface area contributed by atoms with Crippen LogP contribution in [0.25, 0.3) is 0 Å². The van der Waals surface area contributed by atoms with E-state index in [9.17, 15) is 4.79 Å². The number of benzene rings is 1. The largest absolute Gasteiger partial charge is 0.462 e. The zero-order valence-corrected chi connectivity index (χ0v) is 11.5. The van der Waals surface area contributed by atoms with Gasteiger partial charge < -0.3 is 15.4 Å². The fraction of sp³-hybridized carbons (Fsp3) is 0.429. The molecule has 0 fully saturated rings. The van der Waals surface area contributed by atoms with Crippen molar-refractivity contribution in [3.8, 4) is 6.07 Å². The van der Waals surface area contributed by atoms with Crippen LogP contribution < -0.4 is 10.6 Å². The normalized spacial score (nSPS) is 11.5. The summed E-state index contributed by atoms with van der Waals surface area (Å²) in [6.07, 6.45) is 0.388. The molecule has 1 aromatic carbocycles. The summed E-state index contributed by atoms with van der Waals surface area (Å²) in [5.41, 5.74) is 7.68. The van der Waals surface area contributed by atoms with Gasteiger partial charge in [0.25, 0.3) is 0 Å². The van der Waals surface area contributed by atoms with Gasteiger partial charge in [-0.25, -0.2) is 4.79 Å². The Hall–Kier alpha value is -2.22. The molecule has 0 bridgehead atoms. The van der Waals surface area contributed by atoms with Crippen LogP contribution in [0.3, 0.4) is 0 Å². The fourth-order valence-corrected chi connectivity index (χ4v) is 1.70.